The molecule has 2 rings (SSSR count). The minimum absolute atomic E-state index is 0.0301. The first-order valence-electron chi connectivity index (χ1n) is 6.28. The van der Waals surface area contributed by atoms with Crippen LogP contribution >= 0.6 is 0 Å². The van der Waals surface area contributed by atoms with Gasteiger partial charge in [-0.1, -0.05) is 0 Å². The third-order valence-corrected chi connectivity index (χ3v) is 5.18. The van der Waals surface area contributed by atoms with Crippen LogP contribution < -0.4 is 5.73 Å². The molecule has 0 spiro atoms. The second-order valence-electron chi connectivity index (χ2n) is 4.57. The Bertz CT molecular complexity index is 585. The van der Waals surface area contributed by atoms with Gasteiger partial charge < -0.3 is 10.5 Å². The van der Waals surface area contributed by atoms with Crippen molar-refractivity contribution in [3.8, 4) is 0 Å². The lowest BCUT2D eigenvalue weighted by Crippen LogP contribution is -2.48. The highest BCUT2D eigenvalue weighted by molar-refractivity contribution is 7.89. The van der Waals surface area contributed by atoms with Gasteiger partial charge in [-0.15, -0.1) is 0 Å². The first-order chi connectivity index (χ1) is 9.46. The zero-order chi connectivity index (χ0) is 14.8. The van der Waals surface area contributed by atoms with Crippen LogP contribution in [0.2, 0.25) is 0 Å². The molecule has 0 amide bonds. The number of carbonyl (C=O) groups is 1. The second kappa shape index (κ2) is 5.76. The fourth-order valence-corrected chi connectivity index (χ4v) is 3.84. The molecule has 0 saturated carbocycles. The molecule has 8 heteroatoms. The maximum absolute atomic E-state index is 12.6. The summed E-state index contributed by atoms with van der Waals surface area (Å²) in [4.78, 5) is 15.6. The molecule has 1 fully saturated rings. The molecule has 2 N–H and O–H groups in total. The molecule has 1 saturated heterocycles. The lowest BCUT2D eigenvalue weighted by atomic mass is 10.1. The van der Waals surface area contributed by atoms with E-state index in [1.54, 1.807) is 0 Å². The Morgan fingerprint density at radius 3 is 2.80 bits per heavy atom. The molecule has 0 radical (unpaired) electrons. The van der Waals surface area contributed by atoms with E-state index < -0.39 is 22.0 Å². The average Bonchev–Trinajstić information content (AvgIpc) is 2.47. The Balaban J connectivity index is 2.35. The van der Waals surface area contributed by atoms with Crippen molar-refractivity contribution in [3.63, 3.8) is 0 Å². The molecule has 0 aromatic carbocycles. The van der Waals surface area contributed by atoms with Crippen LogP contribution in [0.1, 0.15) is 19.3 Å². The van der Waals surface area contributed by atoms with Gasteiger partial charge in [0.25, 0.3) is 0 Å². The van der Waals surface area contributed by atoms with Gasteiger partial charge in [0.15, 0.2) is 0 Å². The number of carbonyl (C=O) groups excluding carboxylic acids is 1. The molecule has 0 aliphatic carbocycles. The molecule has 1 aliphatic heterocycles. The van der Waals surface area contributed by atoms with E-state index in [4.69, 9.17) is 5.73 Å². The number of hydrogen-bond acceptors (Lipinski definition) is 6. The van der Waals surface area contributed by atoms with E-state index in [2.05, 4.69) is 9.72 Å². The van der Waals surface area contributed by atoms with E-state index >= 15 is 0 Å². The van der Waals surface area contributed by atoms with E-state index in [1.807, 2.05) is 0 Å². The number of piperidine rings is 1. The number of nitrogen functional groups attached to an aromatic ring is 1. The number of anilines is 1. The quantitative estimate of drug-likeness (QED) is 0.809. The standard InChI is InChI=1S/C12H17N3O4S/c1-19-12(16)10-4-2-3-7-15(10)20(17,18)9-5-6-11(13)14-8-9/h5-6,8,10H,2-4,7H2,1H3,(H2,13,14). The van der Waals surface area contributed by atoms with Crippen LogP contribution in [0.15, 0.2) is 23.2 Å². The topological polar surface area (TPSA) is 103 Å². The minimum atomic E-state index is -3.77. The van der Waals surface area contributed by atoms with E-state index in [-0.39, 0.29) is 10.7 Å². The van der Waals surface area contributed by atoms with Crippen molar-refractivity contribution in [1.29, 1.82) is 0 Å². The lowest BCUT2D eigenvalue weighted by Gasteiger charge is -2.32. The summed E-state index contributed by atoms with van der Waals surface area (Å²) in [5, 5.41) is 0. The maximum atomic E-state index is 12.6. The number of esters is 1. The predicted molar refractivity (Wildman–Crippen MR) is 72.2 cm³/mol. The monoisotopic (exact) mass is 299 g/mol. The van der Waals surface area contributed by atoms with Crippen LogP contribution in [0.25, 0.3) is 0 Å². The van der Waals surface area contributed by atoms with Crippen LogP contribution in [-0.2, 0) is 19.6 Å². The maximum Gasteiger partial charge on any atom is 0.324 e. The summed E-state index contributed by atoms with van der Waals surface area (Å²) >= 11 is 0. The average molecular weight is 299 g/mol. The zero-order valence-corrected chi connectivity index (χ0v) is 12.0. The lowest BCUT2D eigenvalue weighted by molar-refractivity contribution is -0.146. The Labute approximate surface area is 117 Å². The van der Waals surface area contributed by atoms with Gasteiger partial charge in [0.1, 0.15) is 16.8 Å². The fourth-order valence-electron chi connectivity index (χ4n) is 2.24. The molecule has 1 atom stereocenters. The molecular weight excluding hydrogens is 282 g/mol. The van der Waals surface area contributed by atoms with Crippen LogP contribution in [0, 0.1) is 0 Å². The molecule has 0 bridgehead atoms. The molecule has 7 nitrogen and oxygen atoms in total. The van der Waals surface area contributed by atoms with Gasteiger partial charge in [-0.05, 0) is 31.4 Å². The summed E-state index contributed by atoms with van der Waals surface area (Å²) in [5.74, 6) is -0.288. The summed E-state index contributed by atoms with van der Waals surface area (Å²) in [6.45, 7) is 0.298. The number of rotatable bonds is 3. The van der Waals surface area contributed by atoms with Gasteiger partial charge in [-0.3, -0.25) is 4.79 Å². The third kappa shape index (κ3) is 2.75. The highest BCUT2D eigenvalue weighted by Crippen LogP contribution is 2.25. The largest absolute Gasteiger partial charge is 0.468 e. The van der Waals surface area contributed by atoms with Crippen molar-refractivity contribution < 1.29 is 17.9 Å². The highest BCUT2D eigenvalue weighted by Gasteiger charge is 2.38. The van der Waals surface area contributed by atoms with E-state index in [0.717, 1.165) is 12.8 Å². The molecule has 1 aliphatic rings. The molecule has 2 heterocycles. The Kier molecular flexibility index (Phi) is 4.24. The number of hydrogen-bond donors (Lipinski definition) is 1. The van der Waals surface area contributed by atoms with Gasteiger partial charge in [0.05, 0.1) is 7.11 Å². The predicted octanol–water partition coefficient (Wildman–Crippen LogP) is 0.380. The van der Waals surface area contributed by atoms with Gasteiger partial charge in [-0.25, -0.2) is 13.4 Å². The van der Waals surface area contributed by atoms with Gasteiger partial charge in [0.2, 0.25) is 10.0 Å². The summed E-state index contributed by atoms with van der Waals surface area (Å²) in [6, 6.07) is 2.04. The minimum Gasteiger partial charge on any atom is -0.468 e. The zero-order valence-electron chi connectivity index (χ0n) is 11.2. The van der Waals surface area contributed by atoms with E-state index in [1.165, 1.54) is 29.7 Å². The molecule has 1 aromatic heterocycles. The Hall–Kier alpha value is -1.67. The number of methoxy groups -OCH3 is 1. The summed E-state index contributed by atoms with van der Waals surface area (Å²) in [6.07, 6.45) is 3.18. The van der Waals surface area contributed by atoms with Gasteiger partial charge in [0, 0.05) is 12.7 Å². The van der Waals surface area contributed by atoms with Crippen molar-refractivity contribution in [3.05, 3.63) is 18.3 Å². The van der Waals surface area contributed by atoms with Crippen LogP contribution in [-0.4, -0.2) is 43.4 Å². The van der Waals surface area contributed by atoms with Crippen molar-refractivity contribution in [2.45, 2.75) is 30.2 Å². The third-order valence-electron chi connectivity index (χ3n) is 3.29. The number of sulfonamides is 1. The smallest absolute Gasteiger partial charge is 0.324 e. The van der Waals surface area contributed by atoms with Crippen molar-refractivity contribution in [1.82, 2.24) is 9.29 Å². The van der Waals surface area contributed by atoms with Crippen molar-refractivity contribution in [2.24, 2.45) is 0 Å². The van der Waals surface area contributed by atoms with Crippen LogP contribution in [0.5, 0.6) is 0 Å². The molecule has 20 heavy (non-hydrogen) atoms. The summed E-state index contributed by atoms with van der Waals surface area (Å²) in [7, 11) is -2.51. The normalized spacial score (nSPS) is 20.6. The Morgan fingerprint density at radius 1 is 1.45 bits per heavy atom. The van der Waals surface area contributed by atoms with Crippen LogP contribution in [0.3, 0.4) is 0 Å². The Morgan fingerprint density at radius 2 is 2.20 bits per heavy atom. The molecule has 1 aromatic rings. The first-order valence-corrected chi connectivity index (χ1v) is 7.72. The molecule has 110 valence electrons. The number of pyridine rings is 1. The van der Waals surface area contributed by atoms with Crippen LogP contribution in [0.4, 0.5) is 5.82 Å². The van der Waals surface area contributed by atoms with E-state index in [9.17, 15) is 13.2 Å². The summed E-state index contributed by atoms with van der Waals surface area (Å²) < 4.78 is 31.0. The number of aromatic nitrogens is 1. The fraction of sp³-hybridized carbons (Fsp3) is 0.500. The van der Waals surface area contributed by atoms with Gasteiger partial charge >= 0.3 is 5.97 Å². The number of nitrogens with zero attached hydrogens (tertiary/aromatic N) is 2. The van der Waals surface area contributed by atoms with Crippen molar-refractivity contribution in [2.75, 3.05) is 19.4 Å². The second-order valence-corrected chi connectivity index (χ2v) is 6.46. The SMILES string of the molecule is COC(=O)C1CCCCN1S(=O)(=O)c1ccc(N)nc1. The van der Waals surface area contributed by atoms with E-state index in [0.29, 0.717) is 13.0 Å². The summed E-state index contributed by atoms with van der Waals surface area (Å²) in [5.41, 5.74) is 5.45. The molecular formula is C12H17N3O4S. The number of ether oxygens (including phenoxy) is 1. The first kappa shape index (κ1) is 14.7. The number of nitrogens with two attached hydrogens (primary N) is 1. The van der Waals surface area contributed by atoms with Gasteiger partial charge in [-0.2, -0.15) is 4.31 Å². The molecule has 1 unspecified atom stereocenters. The highest BCUT2D eigenvalue weighted by atomic mass is 32.2. The van der Waals surface area contributed by atoms with Crippen molar-refractivity contribution >= 4 is 21.8 Å².